The highest BCUT2D eigenvalue weighted by Gasteiger charge is 2.22. The van der Waals surface area contributed by atoms with Gasteiger partial charge in [-0.15, -0.1) is 11.3 Å². The van der Waals surface area contributed by atoms with E-state index in [2.05, 4.69) is 95.4 Å². The summed E-state index contributed by atoms with van der Waals surface area (Å²) in [5, 5.41) is 13.6. The largest absolute Gasteiger partial charge is 0.308 e. The Morgan fingerprint density at radius 3 is 2.26 bits per heavy atom. The summed E-state index contributed by atoms with van der Waals surface area (Å²) in [6.45, 7) is 0. The van der Waals surface area contributed by atoms with Crippen molar-refractivity contribution in [2.75, 3.05) is 0 Å². The number of nitrogens with zero attached hydrogens (tertiary/aromatic N) is 1. The molecule has 0 saturated heterocycles. The number of hydrogen-bond acceptors (Lipinski definition) is 1. The fourth-order valence-electron chi connectivity index (χ4n) is 6.39. The first-order valence-corrected chi connectivity index (χ1v) is 13.0. The highest BCUT2D eigenvalue weighted by molar-refractivity contribution is 7.27. The lowest BCUT2D eigenvalue weighted by Gasteiger charge is -2.07. The van der Waals surface area contributed by atoms with Crippen LogP contribution >= 0.6 is 22.9 Å². The summed E-state index contributed by atoms with van der Waals surface area (Å²) in [7, 11) is 0. The minimum absolute atomic E-state index is 0.817. The SMILES string of the molecule is Clc1cccc2cc3c4c(sc5cccc(c6cc7ccccc7c7c8ccccc8n3c67)c54)c12. The molecule has 6 aromatic carbocycles. The molecule has 0 fully saturated rings. The number of halogens is 1. The lowest BCUT2D eigenvalue weighted by Crippen LogP contribution is -1.86. The van der Waals surface area contributed by atoms with Crippen molar-refractivity contribution in [2.45, 2.75) is 0 Å². The molecule has 9 rings (SSSR count). The van der Waals surface area contributed by atoms with E-state index in [1.807, 2.05) is 17.4 Å². The van der Waals surface area contributed by atoms with Gasteiger partial charge < -0.3 is 4.40 Å². The minimum atomic E-state index is 0.817. The van der Waals surface area contributed by atoms with E-state index < -0.39 is 0 Å². The van der Waals surface area contributed by atoms with Crippen molar-refractivity contribution >= 4 is 103 Å². The maximum Gasteiger partial charge on any atom is 0.0626 e. The Bertz CT molecular complexity index is 2340. The fraction of sp³-hybridized carbons (Fsp3) is 0. The van der Waals surface area contributed by atoms with Crippen LogP contribution in [0.3, 0.4) is 0 Å². The molecule has 9 aromatic rings. The molecule has 0 aliphatic heterocycles. The van der Waals surface area contributed by atoms with Gasteiger partial charge in [-0.3, -0.25) is 0 Å². The lowest BCUT2D eigenvalue weighted by atomic mass is 9.98. The van der Waals surface area contributed by atoms with E-state index >= 15 is 0 Å². The Morgan fingerprint density at radius 2 is 1.31 bits per heavy atom. The number of aromatic nitrogens is 1. The summed E-state index contributed by atoms with van der Waals surface area (Å²) in [4.78, 5) is 0. The molecule has 3 heteroatoms. The Hall–Kier alpha value is -3.85. The number of para-hydroxylation sites is 1. The zero-order chi connectivity index (χ0) is 22.8. The van der Waals surface area contributed by atoms with Crippen molar-refractivity contribution in [1.82, 2.24) is 4.40 Å². The van der Waals surface area contributed by atoms with Gasteiger partial charge >= 0.3 is 0 Å². The van der Waals surface area contributed by atoms with Gasteiger partial charge in [0.1, 0.15) is 0 Å². The van der Waals surface area contributed by atoms with Gasteiger partial charge in [-0.2, -0.15) is 0 Å². The molecule has 3 aromatic heterocycles. The van der Waals surface area contributed by atoms with Crippen molar-refractivity contribution in [3.8, 4) is 0 Å². The van der Waals surface area contributed by atoms with Crippen LogP contribution in [-0.2, 0) is 0 Å². The van der Waals surface area contributed by atoms with Gasteiger partial charge in [0.2, 0.25) is 0 Å². The normalized spacial score (nSPS) is 12.7. The van der Waals surface area contributed by atoms with Crippen LogP contribution in [0.1, 0.15) is 0 Å². The molecule has 3 heterocycles. The quantitative estimate of drug-likeness (QED) is 0.203. The number of rotatable bonds is 0. The summed E-state index contributed by atoms with van der Waals surface area (Å²) in [5.74, 6) is 0. The molecule has 0 radical (unpaired) electrons. The standard InChI is InChI=1S/C32H16ClNS/c33-23-12-5-8-18-16-25-30-29-20(11-6-14-26(29)35-32(30)27(18)23)22-15-17-7-1-2-9-19(17)28-21-10-3-4-13-24(21)34(25)31(22)28/h1-16H. The van der Waals surface area contributed by atoms with Crippen molar-refractivity contribution in [1.29, 1.82) is 0 Å². The van der Waals surface area contributed by atoms with Crippen LogP contribution in [0, 0.1) is 0 Å². The maximum atomic E-state index is 6.83. The molecular weight excluding hydrogens is 466 g/mol. The Morgan fingerprint density at radius 1 is 0.543 bits per heavy atom. The van der Waals surface area contributed by atoms with Gasteiger partial charge in [0.25, 0.3) is 0 Å². The van der Waals surface area contributed by atoms with Gasteiger partial charge in [-0.05, 0) is 51.9 Å². The summed E-state index contributed by atoms with van der Waals surface area (Å²) >= 11 is 8.69. The Labute approximate surface area is 208 Å². The summed E-state index contributed by atoms with van der Waals surface area (Å²) in [6.07, 6.45) is 0. The summed E-state index contributed by atoms with van der Waals surface area (Å²) in [6, 6.07) is 35.4. The summed E-state index contributed by atoms with van der Waals surface area (Å²) < 4.78 is 5.10. The molecule has 0 aliphatic rings. The minimum Gasteiger partial charge on any atom is -0.308 e. The van der Waals surface area contributed by atoms with Gasteiger partial charge in [-0.25, -0.2) is 0 Å². The molecule has 0 saturated carbocycles. The zero-order valence-electron chi connectivity index (χ0n) is 18.5. The predicted molar refractivity (Wildman–Crippen MR) is 154 cm³/mol. The third-order valence-corrected chi connectivity index (χ3v) is 9.21. The molecule has 0 unspecified atom stereocenters. The monoisotopic (exact) mass is 481 g/mol. The lowest BCUT2D eigenvalue weighted by molar-refractivity contribution is 1.36. The van der Waals surface area contributed by atoms with Gasteiger partial charge in [0, 0.05) is 46.7 Å². The van der Waals surface area contributed by atoms with Crippen LogP contribution in [0.4, 0.5) is 0 Å². The van der Waals surface area contributed by atoms with Crippen molar-refractivity contribution in [2.24, 2.45) is 0 Å². The van der Waals surface area contributed by atoms with Crippen LogP contribution in [0.15, 0.2) is 97.1 Å². The first kappa shape index (κ1) is 18.5. The topological polar surface area (TPSA) is 4.41 Å². The number of benzene rings is 6. The first-order valence-electron chi connectivity index (χ1n) is 11.8. The van der Waals surface area contributed by atoms with E-state index in [1.165, 1.54) is 74.4 Å². The molecular formula is C32H16ClNS. The van der Waals surface area contributed by atoms with Crippen LogP contribution in [0.25, 0.3) is 79.8 Å². The van der Waals surface area contributed by atoms with Gasteiger partial charge in [0.05, 0.1) is 16.6 Å². The van der Waals surface area contributed by atoms with Gasteiger partial charge in [0.15, 0.2) is 0 Å². The molecule has 0 spiro atoms. The van der Waals surface area contributed by atoms with E-state index in [1.54, 1.807) is 0 Å². The van der Waals surface area contributed by atoms with E-state index in [-0.39, 0.29) is 0 Å². The van der Waals surface area contributed by atoms with E-state index in [0.717, 1.165) is 10.4 Å². The van der Waals surface area contributed by atoms with E-state index in [0.29, 0.717) is 0 Å². The third-order valence-electron chi connectivity index (χ3n) is 7.73. The Kier molecular flexibility index (Phi) is 3.29. The maximum absolute atomic E-state index is 6.83. The van der Waals surface area contributed by atoms with Crippen LogP contribution < -0.4 is 0 Å². The number of thiophene rings is 1. The van der Waals surface area contributed by atoms with E-state index in [4.69, 9.17) is 11.6 Å². The molecule has 35 heavy (non-hydrogen) atoms. The van der Waals surface area contributed by atoms with Crippen molar-refractivity contribution < 1.29 is 0 Å². The second kappa shape index (κ2) is 6.23. The molecule has 162 valence electrons. The molecule has 0 aliphatic carbocycles. The molecule has 0 amide bonds. The first-order chi connectivity index (χ1) is 17.3. The van der Waals surface area contributed by atoms with Crippen LogP contribution in [0.5, 0.6) is 0 Å². The molecule has 0 atom stereocenters. The zero-order valence-corrected chi connectivity index (χ0v) is 20.0. The Balaban J connectivity index is 1.80. The number of fused-ring (bicyclic) bond motifs is 9. The summed E-state index contributed by atoms with van der Waals surface area (Å²) in [5.41, 5.74) is 3.78. The van der Waals surface area contributed by atoms with Crippen LogP contribution in [-0.4, -0.2) is 4.40 Å². The second-order valence-electron chi connectivity index (χ2n) is 9.44. The molecule has 0 N–H and O–H groups in total. The van der Waals surface area contributed by atoms with Crippen LogP contribution in [0.2, 0.25) is 5.02 Å². The second-order valence-corrected chi connectivity index (χ2v) is 10.9. The predicted octanol–water partition coefficient (Wildman–Crippen LogP) is 10.2. The third kappa shape index (κ3) is 2.12. The van der Waals surface area contributed by atoms with Gasteiger partial charge in [-0.1, -0.05) is 78.3 Å². The molecule has 1 nitrogen and oxygen atoms in total. The smallest absolute Gasteiger partial charge is 0.0626 e. The fourth-order valence-corrected chi connectivity index (χ4v) is 8.04. The van der Waals surface area contributed by atoms with E-state index in [9.17, 15) is 0 Å². The average Bonchev–Trinajstić information content (AvgIpc) is 3.41. The number of hydrogen-bond donors (Lipinski definition) is 0. The van der Waals surface area contributed by atoms with Crippen molar-refractivity contribution in [3.05, 3.63) is 102 Å². The van der Waals surface area contributed by atoms with Crippen molar-refractivity contribution in [3.63, 3.8) is 0 Å². The highest BCUT2D eigenvalue weighted by atomic mass is 35.5. The highest BCUT2D eigenvalue weighted by Crippen LogP contribution is 2.49. The molecule has 0 bridgehead atoms. The average molecular weight is 482 g/mol.